The number of aliphatic hydroxyl groups is 1. The van der Waals surface area contributed by atoms with Crippen molar-refractivity contribution in [1.29, 1.82) is 0 Å². The molecule has 0 fully saturated rings. The van der Waals surface area contributed by atoms with E-state index < -0.39 is 57.6 Å². The lowest BCUT2D eigenvalue weighted by Crippen LogP contribution is -2.43. The largest absolute Gasteiger partial charge is 0.480 e. The highest BCUT2D eigenvalue weighted by atomic mass is 31.2. The second-order valence-electron chi connectivity index (χ2n) is 11.7. The van der Waals surface area contributed by atoms with Gasteiger partial charge in [-0.15, -0.1) is 0 Å². The first kappa shape index (κ1) is 42.5. The number of carboxylic acid groups (broad SMARTS) is 1. The van der Waals surface area contributed by atoms with E-state index in [0.717, 1.165) is 25.7 Å². The molecule has 4 N–H and O–H groups in total. The van der Waals surface area contributed by atoms with Crippen LogP contribution >= 0.6 is 7.82 Å². The third kappa shape index (κ3) is 28.0. The van der Waals surface area contributed by atoms with Gasteiger partial charge in [-0.25, -0.2) is 9.36 Å². The lowest BCUT2D eigenvalue weighted by atomic mass is 10.0. The van der Waals surface area contributed by atoms with Gasteiger partial charge in [-0.05, 0) is 12.8 Å². The van der Waals surface area contributed by atoms with E-state index in [-0.39, 0.29) is 12.8 Å². The molecule has 0 aromatic carbocycles. The van der Waals surface area contributed by atoms with E-state index in [2.05, 4.69) is 21.3 Å². The van der Waals surface area contributed by atoms with Crippen molar-refractivity contribution in [2.45, 2.75) is 167 Å². The van der Waals surface area contributed by atoms with Crippen LogP contribution in [0.25, 0.3) is 0 Å². The second kappa shape index (κ2) is 28.9. The SMILES string of the molecule is CCCCCCCCCCCCCCCCCCCCC(=O)OCC(O)COP(=O)(O)OCC(NC(=O)CCCC)C(=O)O. The maximum atomic E-state index is 12.0. The molecule has 0 heterocycles. The van der Waals surface area contributed by atoms with Crippen molar-refractivity contribution >= 4 is 25.7 Å². The van der Waals surface area contributed by atoms with Crippen LogP contribution < -0.4 is 5.32 Å². The summed E-state index contributed by atoms with van der Waals surface area (Å²) in [5.74, 6) is -2.41. The van der Waals surface area contributed by atoms with Gasteiger partial charge in [-0.3, -0.25) is 18.6 Å². The molecule has 0 rings (SSSR count). The molecule has 260 valence electrons. The average Bonchev–Trinajstić information content (AvgIpc) is 2.99. The Morgan fingerprint density at radius 2 is 1.07 bits per heavy atom. The molecule has 0 aromatic heterocycles. The smallest absolute Gasteiger partial charge is 0.472 e. The van der Waals surface area contributed by atoms with Crippen molar-refractivity contribution in [3.63, 3.8) is 0 Å². The van der Waals surface area contributed by atoms with Gasteiger partial charge < -0.3 is 25.2 Å². The van der Waals surface area contributed by atoms with Crippen LogP contribution in [0.15, 0.2) is 0 Å². The molecule has 0 radical (unpaired) electrons. The van der Waals surface area contributed by atoms with Crippen LogP contribution in [0.1, 0.15) is 155 Å². The Kier molecular flexibility index (Phi) is 27.9. The number of carbonyl (C=O) groups is 3. The number of phosphoric ester groups is 1. The van der Waals surface area contributed by atoms with Gasteiger partial charge in [0.15, 0.2) is 6.04 Å². The van der Waals surface area contributed by atoms with Gasteiger partial charge in [0.1, 0.15) is 12.7 Å². The first-order chi connectivity index (χ1) is 21.1. The topological polar surface area (TPSA) is 169 Å². The lowest BCUT2D eigenvalue weighted by Gasteiger charge is -2.18. The number of carboxylic acids is 1. The number of hydrogen-bond acceptors (Lipinski definition) is 8. The highest BCUT2D eigenvalue weighted by molar-refractivity contribution is 7.47. The van der Waals surface area contributed by atoms with Crippen molar-refractivity contribution in [2.24, 2.45) is 0 Å². The molecule has 44 heavy (non-hydrogen) atoms. The van der Waals surface area contributed by atoms with Crippen molar-refractivity contribution < 1.29 is 47.8 Å². The predicted octanol–water partition coefficient (Wildman–Crippen LogP) is 7.22. The zero-order valence-corrected chi connectivity index (χ0v) is 28.4. The fourth-order valence-electron chi connectivity index (χ4n) is 4.65. The summed E-state index contributed by atoms with van der Waals surface area (Å²) in [5.41, 5.74) is 0. The molecule has 0 aliphatic rings. The number of hydrogen-bond donors (Lipinski definition) is 4. The van der Waals surface area contributed by atoms with E-state index in [1.54, 1.807) is 0 Å². The van der Waals surface area contributed by atoms with Gasteiger partial charge in [0, 0.05) is 12.8 Å². The number of nitrogens with one attached hydrogen (secondary N) is 1. The van der Waals surface area contributed by atoms with Gasteiger partial charge in [-0.2, -0.15) is 0 Å². The number of esters is 1. The summed E-state index contributed by atoms with van der Waals surface area (Å²) in [6.07, 6.45) is 23.0. The number of unbranched alkanes of at least 4 members (excludes halogenated alkanes) is 18. The zero-order valence-electron chi connectivity index (χ0n) is 27.5. The first-order valence-corrected chi connectivity index (χ1v) is 18.6. The molecular formula is C32H62NO10P. The maximum Gasteiger partial charge on any atom is 0.472 e. The molecule has 0 spiro atoms. The molecule has 0 saturated heterocycles. The van der Waals surface area contributed by atoms with Gasteiger partial charge in [-0.1, -0.05) is 129 Å². The van der Waals surface area contributed by atoms with Crippen molar-refractivity contribution in [2.75, 3.05) is 19.8 Å². The number of phosphoric acid groups is 1. The summed E-state index contributed by atoms with van der Waals surface area (Å²) in [6, 6.07) is -1.53. The highest BCUT2D eigenvalue weighted by Crippen LogP contribution is 2.43. The Labute approximate surface area is 265 Å². The van der Waals surface area contributed by atoms with Crippen molar-refractivity contribution in [3.8, 4) is 0 Å². The van der Waals surface area contributed by atoms with Gasteiger partial charge in [0.25, 0.3) is 0 Å². The van der Waals surface area contributed by atoms with Crippen LogP contribution in [0.4, 0.5) is 0 Å². The average molecular weight is 652 g/mol. The Balaban J connectivity index is 3.74. The third-order valence-corrected chi connectivity index (χ3v) is 8.35. The molecule has 3 unspecified atom stereocenters. The van der Waals surface area contributed by atoms with E-state index in [9.17, 15) is 34.1 Å². The molecule has 12 heteroatoms. The Morgan fingerprint density at radius 3 is 1.52 bits per heavy atom. The predicted molar refractivity (Wildman–Crippen MR) is 171 cm³/mol. The quantitative estimate of drug-likeness (QED) is 0.0331. The standard InChI is InChI=1S/C32H62NO10P/c1-3-5-7-8-9-10-11-12-13-14-15-16-17-18-19-20-21-22-24-31(36)41-25-28(34)26-42-44(39,40)43-27-29(32(37)38)33-30(35)23-6-4-2/h28-29,34H,3-27H2,1-2H3,(H,33,35)(H,37,38)(H,39,40). The molecule has 0 bridgehead atoms. The summed E-state index contributed by atoms with van der Waals surface area (Å²) >= 11 is 0. The summed E-state index contributed by atoms with van der Waals surface area (Å²) in [6.45, 7) is 2.26. The summed E-state index contributed by atoms with van der Waals surface area (Å²) < 4.78 is 26.3. The molecular weight excluding hydrogens is 589 g/mol. The molecule has 0 saturated carbocycles. The number of ether oxygens (including phenoxy) is 1. The Morgan fingerprint density at radius 1 is 0.636 bits per heavy atom. The Bertz CT molecular complexity index is 782. The van der Waals surface area contributed by atoms with Crippen LogP contribution in [0.3, 0.4) is 0 Å². The van der Waals surface area contributed by atoms with Crippen LogP contribution in [0.2, 0.25) is 0 Å². The molecule has 0 aliphatic carbocycles. The minimum Gasteiger partial charge on any atom is -0.480 e. The van der Waals surface area contributed by atoms with Gasteiger partial charge in [0.2, 0.25) is 5.91 Å². The Hall–Kier alpha value is -1.52. The summed E-state index contributed by atoms with van der Waals surface area (Å²) in [7, 11) is -4.72. The van der Waals surface area contributed by atoms with E-state index in [0.29, 0.717) is 12.8 Å². The molecule has 0 aliphatic heterocycles. The fraction of sp³-hybridized carbons (Fsp3) is 0.906. The van der Waals surface area contributed by atoms with Crippen molar-refractivity contribution in [1.82, 2.24) is 5.32 Å². The van der Waals surface area contributed by atoms with Crippen LogP contribution in [-0.2, 0) is 32.7 Å². The van der Waals surface area contributed by atoms with E-state index in [1.165, 1.54) is 89.9 Å². The minimum absolute atomic E-state index is 0.123. The fourth-order valence-corrected chi connectivity index (χ4v) is 5.42. The highest BCUT2D eigenvalue weighted by Gasteiger charge is 2.28. The molecule has 0 aromatic rings. The number of rotatable bonds is 32. The zero-order chi connectivity index (χ0) is 32.9. The van der Waals surface area contributed by atoms with E-state index in [1.807, 2.05) is 6.92 Å². The summed E-state index contributed by atoms with van der Waals surface area (Å²) in [5, 5.41) is 21.3. The van der Waals surface area contributed by atoms with E-state index >= 15 is 0 Å². The first-order valence-electron chi connectivity index (χ1n) is 17.1. The monoisotopic (exact) mass is 651 g/mol. The minimum atomic E-state index is -4.72. The number of aliphatic carboxylic acids is 1. The number of aliphatic hydroxyl groups excluding tert-OH is 1. The van der Waals surface area contributed by atoms with Crippen LogP contribution in [0.5, 0.6) is 0 Å². The van der Waals surface area contributed by atoms with Crippen molar-refractivity contribution in [3.05, 3.63) is 0 Å². The van der Waals surface area contributed by atoms with Gasteiger partial charge >= 0.3 is 19.8 Å². The van der Waals surface area contributed by atoms with E-state index in [4.69, 9.17) is 4.74 Å². The number of amides is 1. The van der Waals surface area contributed by atoms with Gasteiger partial charge in [0.05, 0.1) is 13.2 Å². The molecule has 1 amide bonds. The molecule has 3 atom stereocenters. The molecule has 11 nitrogen and oxygen atoms in total. The maximum absolute atomic E-state index is 12.0. The van der Waals surface area contributed by atoms with Crippen LogP contribution in [-0.4, -0.2) is 64.9 Å². The number of carbonyl (C=O) groups excluding carboxylic acids is 2. The third-order valence-electron chi connectivity index (χ3n) is 7.40. The normalized spacial score (nSPS) is 14.1. The lowest BCUT2D eigenvalue weighted by molar-refractivity contribution is -0.147. The van der Waals surface area contributed by atoms with Crippen LogP contribution in [0, 0.1) is 0 Å². The summed E-state index contributed by atoms with van der Waals surface area (Å²) in [4.78, 5) is 44.7. The second-order valence-corrected chi connectivity index (χ2v) is 13.2.